The molecular formula is C26H23F2N3O6. The Hall–Kier alpha value is -4.67. The lowest BCUT2D eigenvalue weighted by Gasteiger charge is -2.19. The highest BCUT2D eigenvalue weighted by Crippen LogP contribution is 2.33. The van der Waals surface area contributed by atoms with Crippen molar-refractivity contribution in [3.63, 3.8) is 0 Å². The summed E-state index contributed by atoms with van der Waals surface area (Å²) in [5.41, 5.74) is 0.376. The van der Waals surface area contributed by atoms with Crippen LogP contribution in [0.5, 0.6) is 23.1 Å². The van der Waals surface area contributed by atoms with Gasteiger partial charge in [0.1, 0.15) is 11.4 Å². The van der Waals surface area contributed by atoms with Crippen molar-refractivity contribution in [3.8, 4) is 23.1 Å². The molecule has 0 aliphatic rings. The van der Waals surface area contributed by atoms with E-state index in [9.17, 15) is 33.7 Å². The summed E-state index contributed by atoms with van der Waals surface area (Å²) in [5.74, 6) is -2.80. The molecule has 0 spiro atoms. The lowest BCUT2D eigenvalue weighted by atomic mass is 9.89. The fraction of sp³-hybridized carbons (Fsp3) is 0.192. The monoisotopic (exact) mass is 511 g/mol. The Labute approximate surface area is 209 Å². The molecule has 1 atom stereocenters. The molecule has 2 heterocycles. The molecule has 0 saturated carbocycles. The number of hydrogen-bond acceptors (Lipinski definition) is 7. The van der Waals surface area contributed by atoms with E-state index in [1.807, 2.05) is 0 Å². The Morgan fingerprint density at radius 1 is 1.03 bits per heavy atom. The van der Waals surface area contributed by atoms with Crippen molar-refractivity contribution in [3.05, 3.63) is 93.9 Å². The number of amides is 1. The molecular weight excluding hydrogens is 488 g/mol. The number of aromatic hydroxyl groups is 3. The summed E-state index contributed by atoms with van der Waals surface area (Å²) in [4.78, 5) is 30.3. The van der Waals surface area contributed by atoms with Gasteiger partial charge in [-0.25, -0.2) is 0 Å². The molecule has 0 radical (unpaired) electrons. The molecule has 11 heteroatoms. The standard InChI is InChI=1S/C26H23F2N3O6/c27-26(28)37-17-5-3-4-16(13-17)18(23-24(35)30-21-6-1-2-11-31(21)25(23)36)14-22(34)29-10-9-15-7-8-19(32)20(33)12-15/h1-8,11-13,18,26,32-33,35H,9-10,14H2,(H,29,34)/t18-/m0/s1. The van der Waals surface area contributed by atoms with Crippen LogP contribution in [0.4, 0.5) is 8.78 Å². The molecule has 192 valence electrons. The van der Waals surface area contributed by atoms with Crippen molar-refractivity contribution < 1.29 is 33.6 Å². The number of ether oxygens (including phenoxy) is 1. The number of aromatic nitrogens is 2. The number of nitrogens with one attached hydrogen (secondary N) is 1. The van der Waals surface area contributed by atoms with Gasteiger partial charge < -0.3 is 25.4 Å². The number of carbonyl (C=O) groups is 1. The van der Waals surface area contributed by atoms with Gasteiger partial charge in [0.15, 0.2) is 11.5 Å². The quantitative estimate of drug-likeness (QED) is 0.254. The van der Waals surface area contributed by atoms with Crippen molar-refractivity contribution in [2.24, 2.45) is 0 Å². The van der Waals surface area contributed by atoms with Gasteiger partial charge in [0, 0.05) is 25.1 Å². The highest BCUT2D eigenvalue weighted by Gasteiger charge is 2.27. The largest absolute Gasteiger partial charge is 0.504 e. The van der Waals surface area contributed by atoms with Crippen LogP contribution < -0.4 is 15.6 Å². The number of rotatable bonds is 9. The van der Waals surface area contributed by atoms with Crippen LogP contribution in [0.1, 0.15) is 29.0 Å². The number of hydrogen-bond donors (Lipinski definition) is 4. The maximum Gasteiger partial charge on any atom is 0.387 e. The topological polar surface area (TPSA) is 133 Å². The second-order valence-electron chi connectivity index (χ2n) is 8.21. The zero-order chi connectivity index (χ0) is 26.5. The minimum absolute atomic E-state index is 0.168. The average Bonchev–Trinajstić information content (AvgIpc) is 2.85. The summed E-state index contributed by atoms with van der Waals surface area (Å²) >= 11 is 0. The Morgan fingerprint density at radius 2 is 1.84 bits per heavy atom. The van der Waals surface area contributed by atoms with Crippen molar-refractivity contribution in [2.75, 3.05) is 6.54 Å². The molecule has 0 aliphatic carbocycles. The van der Waals surface area contributed by atoms with Crippen LogP contribution in [0.25, 0.3) is 5.65 Å². The second kappa shape index (κ2) is 10.9. The highest BCUT2D eigenvalue weighted by molar-refractivity contribution is 5.77. The maximum absolute atomic E-state index is 13.3. The number of benzene rings is 2. The molecule has 0 unspecified atom stereocenters. The molecule has 2 aromatic heterocycles. The van der Waals surface area contributed by atoms with Gasteiger partial charge in [0.2, 0.25) is 11.8 Å². The zero-order valence-electron chi connectivity index (χ0n) is 19.3. The molecule has 2 aromatic carbocycles. The van der Waals surface area contributed by atoms with Gasteiger partial charge >= 0.3 is 6.61 Å². The summed E-state index contributed by atoms with van der Waals surface area (Å²) in [6, 6.07) is 14.7. The van der Waals surface area contributed by atoms with Crippen molar-refractivity contribution >= 4 is 11.6 Å². The summed E-state index contributed by atoms with van der Waals surface area (Å²) in [7, 11) is 0. The summed E-state index contributed by atoms with van der Waals surface area (Å²) in [5, 5.41) is 32.4. The van der Waals surface area contributed by atoms with Crippen LogP contribution in [0.2, 0.25) is 0 Å². The number of nitrogens with zero attached hydrogens (tertiary/aromatic N) is 2. The Morgan fingerprint density at radius 3 is 2.59 bits per heavy atom. The third-order valence-corrected chi connectivity index (χ3v) is 5.75. The van der Waals surface area contributed by atoms with Gasteiger partial charge in [-0.2, -0.15) is 13.8 Å². The maximum atomic E-state index is 13.3. The number of fused-ring (bicyclic) bond motifs is 1. The lowest BCUT2D eigenvalue weighted by molar-refractivity contribution is -0.121. The van der Waals surface area contributed by atoms with E-state index in [1.165, 1.54) is 53.1 Å². The lowest BCUT2D eigenvalue weighted by Crippen LogP contribution is -2.30. The first kappa shape index (κ1) is 25.4. The van der Waals surface area contributed by atoms with E-state index in [1.54, 1.807) is 18.2 Å². The SMILES string of the molecule is O=C(C[C@@H](c1cccc(OC(F)F)c1)c1c(O)nc2ccccn2c1=O)NCCc1ccc(O)c(O)c1. The van der Waals surface area contributed by atoms with Gasteiger partial charge in [0.05, 0.1) is 5.56 Å². The van der Waals surface area contributed by atoms with Gasteiger partial charge in [-0.3, -0.25) is 14.0 Å². The van der Waals surface area contributed by atoms with Crippen LogP contribution in [-0.2, 0) is 11.2 Å². The average molecular weight is 511 g/mol. The predicted octanol–water partition coefficient (Wildman–Crippen LogP) is 3.29. The second-order valence-corrected chi connectivity index (χ2v) is 8.21. The van der Waals surface area contributed by atoms with Crippen LogP contribution in [-0.4, -0.2) is 43.8 Å². The van der Waals surface area contributed by atoms with Crippen LogP contribution in [0, 0.1) is 0 Å². The van der Waals surface area contributed by atoms with E-state index in [0.717, 1.165) is 0 Å². The number of phenols is 2. The Kier molecular flexibility index (Phi) is 7.52. The van der Waals surface area contributed by atoms with Crippen molar-refractivity contribution in [1.82, 2.24) is 14.7 Å². The normalized spacial score (nSPS) is 12.0. The molecule has 0 saturated heterocycles. The molecule has 0 fully saturated rings. The Bertz CT molecular complexity index is 1490. The van der Waals surface area contributed by atoms with E-state index >= 15 is 0 Å². The summed E-state index contributed by atoms with van der Waals surface area (Å²) in [6.45, 7) is -2.90. The molecule has 9 nitrogen and oxygen atoms in total. The van der Waals surface area contributed by atoms with Crippen molar-refractivity contribution in [1.29, 1.82) is 0 Å². The smallest absolute Gasteiger partial charge is 0.387 e. The minimum Gasteiger partial charge on any atom is -0.504 e. The molecule has 4 N–H and O–H groups in total. The molecule has 0 aliphatic heterocycles. The summed E-state index contributed by atoms with van der Waals surface area (Å²) in [6.07, 6.45) is 1.50. The van der Waals surface area contributed by atoms with Crippen LogP contribution in [0.15, 0.2) is 71.7 Å². The molecule has 37 heavy (non-hydrogen) atoms. The first-order valence-electron chi connectivity index (χ1n) is 11.3. The van der Waals surface area contributed by atoms with Gasteiger partial charge in [0.25, 0.3) is 5.56 Å². The summed E-state index contributed by atoms with van der Waals surface area (Å²) < 4.78 is 31.3. The molecule has 1 amide bonds. The number of halogens is 2. The van der Waals surface area contributed by atoms with E-state index in [-0.39, 0.29) is 41.4 Å². The molecule has 0 bridgehead atoms. The van der Waals surface area contributed by atoms with E-state index in [2.05, 4.69) is 15.0 Å². The third kappa shape index (κ3) is 5.95. The number of pyridine rings is 1. The number of phenolic OH excluding ortho intramolecular Hbond substituents is 2. The minimum atomic E-state index is -3.07. The fourth-order valence-corrected chi connectivity index (χ4v) is 4.02. The first-order valence-corrected chi connectivity index (χ1v) is 11.3. The van der Waals surface area contributed by atoms with Gasteiger partial charge in [-0.05, 0) is 53.9 Å². The zero-order valence-corrected chi connectivity index (χ0v) is 19.3. The van der Waals surface area contributed by atoms with Gasteiger partial charge in [-0.1, -0.05) is 24.3 Å². The van der Waals surface area contributed by atoms with Gasteiger partial charge in [-0.15, -0.1) is 0 Å². The third-order valence-electron chi connectivity index (χ3n) is 5.75. The fourth-order valence-electron chi connectivity index (χ4n) is 4.02. The van der Waals surface area contributed by atoms with Crippen LogP contribution >= 0.6 is 0 Å². The molecule has 4 aromatic rings. The number of carbonyl (C=O) groups excluding carboxylic acids is 1. The Balaban J connectivity index is 1.63. The predicted molar refractivity (Wildman–Crippen MR) is 129 cm³/mol. The first-order chi connectivity index (χ1) is 17.7. The van der Waals surface area contributed by atoms with E-state index in [0.29, 0.717) is 17.5 Å². The van der Waals surface area contributed by atoms with Crippen LogP contribution in [0.3, 0.4) is 0 Å². The highest BCUT2D eigenvalue weighted by atomic mass is 19.3. The van der Waals surface area contributed by atoms with Crippen molar-refractivity contribution in [2.45, 2.75) is 25.4 Å². The number of alkyl halides is 2. The van der Waals surface area contributed by atoms with E-state index < -0.39 is 29.9 Å². The van der Waals surface area contributed by atoms with E-state index in [4.69, 9.17) is 0 Å². The molecule has 4 rings (SSSR count).